The molecule has 1 aromatic carbocycles. The van der Waals surface area contributed by atoms with Crippen LogP contribution in [0, 0.1) is 5.82 Å². The van der Waals surface area contributed by atoms with Gasteiger partial charge >= 0.3 is 5.97 Å². The summed E-state index contributed by atoms with van der Waals surface area (Å²) in [6.45, 7) is 1.31. The van der Waals surface area contributed by atoms with Crippen LogP contribution in [0.3, 0.4) is 0 Å². The zero-order chi connectivity index (χ0) is 13.0. The topological polar surface area (TPSA) is 40.5 Å². The van der Waals surface area contributed by atoms with Crippen molar-refractivity contribution in [2.45, 2.75) is 19.0 Å². The van der Waals surface area contributed by atoms with E-state index in [-0.39, 0.29) is 18.3 Å². The summed E-state index contributed by atoms with van der Waals surface area (Å²) in [5.41, 5.74) is 0.639. The van der Waals surface area contributed by atoms with E-state index in [1.54, 1.807) is 23.9 Å². The normalized spacial score (nSPS) is 20.8. The minimum Gasteiger partial charge on any atom is -0.481 e. The van der Waals surface area contributed by atoms with Gasteiger partial charge in [0.25, 0.3) is 0 Å². The monoisotopic (exact) mass is 269 g/mol. The van der Waals surface area contributed by atoms with E-state index in [9.17, 15) is 9.18 Å². The highest BCUT2D eigenvalue weighted by Crippen LogP contribution is 2.22. The maximum atomic E-state index is 13.6. The molecule has 0 unspecified atom stereocenters. The first-order valence-electron chi connectivity index (χ1n) is 5.94. The first-order valence-corrected chi connectivity index (χ1v) is 7.09. The van der Waals surface area contributed by atoms with Gasteiger partial charge in [-0.15, -0.1) is 0 Å². The van der Waals surface area contributed by atoms with Crippen molar-refractivity contribution in [1.82, 2.24) is 4.90 Å². The first kappa shape index (κ1) is 13.4. The smallest absolute Gasteiger partial charge is 0.304 e. The lowest BCUT2D eigenvalue weighted by Crippen LogP contribution is -2.43. The molecule has 1 aliphatic rings. The Morgan fingerprint density at radius 1 is 1.50 bits per heavy atom. The third kappa shape index (κ3) is 3.46. The van der Waals surface area contributed by atoms with Crippen LogP contribution >= 0.6 is 11.8 Å². The highest BCUT2D eigenvalue weighted by atomic mass is 32.2. The number of carboxylic acids is 1. The van der Waals surface area contributed by atoms with E-state index in [0.29, 0.717) is 12.1 Å². The standard InChI is InChI=1S/C13H16FNO2S/c14-12-4-2-1-3-10(12)8-15-5-6-18-9-11(15)7-13(16)17/h1-4,11H,5-9H2,(H,16,17)/t11-/m1/s1. The van der Waals surface area contributed by atoms with Gasteiger partial charge < -0.3 is 5.11 Å². The van der Waals surface area contributed by atoms with Crippen LogP contribution in [-0.4, -0.2) is 40.1 Å². The van der Waals surface area contributed by atoms with Crippen molar-refractivity contribution >= 4 is 17.7 Å². The lowest BCUT2D eigenvalue weighted by molar-refractivity contribution is -0.138. The summed E-state index contributed by atoms with van der Waals surface area (Å²) in [7, 11) is 0. The van der Waals surface area contributed by atoms with Gasteiger partial charge in [-0.1, -0.05) is 18.2 Å². The van der Waals surface area contributed by atoms with Gasteiger partial charge in [0.1, 0.15) is 5.82 Å². The molecule has 1 N–H and O–H groups in total. The number of rotatable bonds is 4. The quantitative estimate of drug-likeness (QED) is 0.910. The fourth-order valence-corrected chi connectivity index (χ4v) is 3.26. The molecule has 1 heterocycles. The van der Waals surface area contributed by atoms with E-state index in [1.807, 2.05) is 6.07 Å². The van der Waals surface area contributed by atoms with Gasteiger partial charge in [0.2, 0.25) is 0 Å². The van der Waals surface area contributed by atoms with Gasteiger partial charge in [-0.25, -0.2) is 4.39 Å². The average Bonchev–Trinajstić information content (AvgIpc) is 2.34. The van der Waals surface area contributed by atoms with E-state index in [1.165, 1.54) is 6.07 Å². The SMILES string of the molecule is O=C(O)C[C@@H]1CSCCN1Cc1ccccc1F. The van der Waals surface area contributed by atoms with E-state index < -0.39 is 5.97 Å². The Hall–Kier alpha value is -1.07. The number of benzene rings is 1. The number of carboxylic acid groups (broad SMARTS) is 1. The van der Waals surface area contributed by atoms with Gasteiger partial charge in [-0.3, -0.25) is 9.69 Å². The van der Waals surface area contributed by atoms with Gasteiger partial charge in [-0.05, 0) is 6.07 Å². The lowest BCUT2D eigenvalue weighted by atomic mass is 10.1. The molecule has 0 radical (unpaired) electrons. The number of nitrogens with zero attached hydrogens (tertiary/aromatic N) is 1. The minimum atomic E-state index is -0.791. The van der Waals surface area contributed by atoms with Gasteiger partial charge in [-0.2, -0.15) is 11.8 Å². The molecule has 2 rings (SSSR count). The lowest BCUT2D eigenvalue weighted by Gasteiger charge is -2.34. The third-order valence-corrected chi connectivity index (χ3v) is 4.18. The maximum Gasteiger partial charge on any atom is 0.304 e. The summed E-state index contributed by atoms with van der Waals surface area (Å²) in [5.74, 6) is 0.775. The molecule has 0 saturated carbocycles. The molecule has 0 aliphatic carbocycles. The van der Waals surface area contributed by atoms with Crippen LogP contribution in [0.4, 0.5) is 4.39 Å². The van der Waals surface area contributed by atoms with Crippen molar-refractivity contribution in [3.05, 3.63) is 35.6 Å². The molecule has 3 nitrogen and oxygen atoms in total. The maximum absolute atomic E-state index is 13.6. The van der Waals surface area contributed by atoms with Crippen molar-refractivity contribution < 1.29 is 14.3 Å². The van der Waals surface area contributed by atoms with Crippen LogP contribution in [-0.2, 0) is 11.3 Å². The highest BCUT2D eigenvalue weighted by Gasteiger charge is 2.25. The Morgan fingerprint density at radius 2 is 2.28 bits per heavy atom. The first-order chi connectivity index (χ1) is 8.66. The molecular formula is C13H16FNO2S. The Bertz CT molecular complexity index is 427. The second-order valence-corrected chi connectivity index (χ2v) is 5.54. The molecule has 0 bridgehead atoms. The molecule has 5 heteroatoms. The molecule has 1 atom stereocenters. The molecule has 0 aromatic heterocycles. The Labute approximate surface area is 110 Å². The number of hydrogen-bond donors (Lipinski definition) is 1. The largest absolute Gasteiger partial charge is 0.481 e. The van der Waals surface area contributed by atoms with Crippen LogP contribution in [0.1, 0.15) is 12.0 Å². The molecule has 1 fully saturated rings. The summed E-state index contributed by atoms with van der Waals surface area (Å²) < 4.78 is 13.6. The van der Waals surface area contributed by atoms with Crippen molar-refractivity contribution in [1.29, 1.82) is 0 Å². The zero-order valence-electron chi connectivity index (χ0n) is 10.0. The van der Waals surface area contributed by atoms with Crippen LogP contribution in [0.5, 0.6) is 0 Å². The van der Waals surface area contributed by atoms with Crippen LogP contribution in [0.2, 0.25) is 0 Å². The predicted octanol–water partition coefficient (Wildman–Crippen LogP) is 2.22. The molecule has 1 saturated heterocycles. The minimum absolute atomic E-state index is 0.000793. The van der Waals surface area contributed by atoms with Gasteiger partial charge in [0.15, 0.2) is 0 Å². The number of carbonyl (C=O) groups is 1. The highest BCUT2D eigenvalue weighted by molar-refractivity contribution is 7.99. The molecule has 18 heavy (non-hydrogen) atoms. The number of aliphatic carboxylic acids is 1. The second kappa shape index (κ2) is 6.20. The molecular weight excluding hydrogens is 253 g/mol. The van der Waals surface area contributed by atoms with Crippen LogP contribution in [0.15, 0.2) is 24.3 Å². The van der Waals surface area contributed by atoms with Crippen molar-refractivity contribution in [3.8, 4) is 0 Å². The number of hydrogen-bond acceptors (Lipinski definition) is 3. The third-order valence-electron chi connectivity index (χ3n) is 3.09. The summed E-state index contributed by atoms with van der Waals surface area (Å²) in [5, 5.41) is 8.89. The van der Waals surface area contributed by atoms with Crippen molar-refractivity contribution in [2.75, 3.05) is 18.1 Å². The average molecular weight is 269 g/mol. The Morgan fingerprint density at radius 3 is 3.00 bits per heavy atom. The molecule has 1 aromatic rings. The second-order valence-electron chi connectivity index (χ2n) is 4.39. The molecule has 0 amide bonds. The Kier molecular flexibility index (Phi) is 4.60. The molecule has 98 valence electrons. The summed E-state index contributed by atoms with van der Waals surface area (Å²) >= 11 is 1.76. The zero-order valence-corrected chi connectivity index (χ0v) is 10.8. The fraction of sp³-hybridized carbons (Fsp3) is 0.462. The van der Waals surface area contributed by atoms with Crippen molar-refractivity contribution in [3.63, 3.8) is 0 Å². The van der Waals surface area contributed by atoms with E-state index in [4.69, 9.17) is 5.11 Å². The fourth-order valence-electron chi connectivity index (χ4n) is 2.13. The van der Waals surface area contributed by atoms with Crippen molar-refractivity contribution in [2.24, 2.45) is 0 Å². The number of halogens is 1. The van der Waals surface area contributed by atoms with E-state index in [2.05, 4.69) is 4.90 Å². The molecule has 0 spiro atoms. The van der Waals surface area contributed by atoms with E-state index >= 15 is 0 Å². The van der Waals surface area contributed by atoms with Crippen LogP contribution < -0.4 is 0 Å². The summed E-state index contributed by atoms with van der Waals surface area (Å²) in [4.78, 5) is 12.9. The Balaban J connectivity index is 2.05. The predicted molar refractivity (Wildman–Crippen MR) is 70.2 cm³/mol. The molecule has 1 aliphatic heterocycles. The van der Waals surface area contributed by atoms with Gasteiger partial charge in [0, 0.05) is 36.2 Å². The van der Waals surface area contributed by atoms with E-state index in [0.717, 1.165) is 18.1 Å². The summed E-state index contributed by atoms with van der Waals surface area (Å²) in [6, 6.07) is 6.68. The summed E-state index contributed by atoms with van der Waals surface area (Å²) in [6.07, 6.45) is 0.126. The van der Waals surface area contributed by atoms with Crippen LogP contribution in [0.25, 0.3) is 0 Å². The number of thioether (sulfide) groups is 1. The van der Waals surface area contributed by atoms with Gasteiger partial charge in [0.05, 0.1) is 6.42 Å².